The summed E-state index contributed by atoms with van der Waals surface area (Å²) in [5.41, 5.74) is 3.25. The predicted molar refractivity (Wildman–Crippen MR) is 117 cm³/mol. The summed E-state index contributed by atoms with van der Waals surface area (Å²) in [6.07, 6.45) is 3.89. The average molecular weight is 386 g/mol. The minimum atomic E-state index is -0.0952. The first-order chi connectivity index (χ1) is 12.6. The zero-order chi connectivity index (χ0) is 19.8. The molecule has 1 aromatic heterocycles. The normalized spacial score (nSPS) is 17.9. The summed E-state index contributed by atoms with van der Waals surface area (Å²) >= 11 is 1.85. The van der Waals surface area contributed by atoms with Gasteiger partial charge in [-0.2, -0.15) is 0 Å². The number of phenols is 1. The van der Waals surface area contributed by atoms with E-state index >= 15 is 0 Å². The second kappa shape index (κ2) is 7.60. The fourth-order valence-corrected chi connectivity index (χ4v) is 5.02. The predicted octanol–water partition coefficient (Wildman–Crippen LogP) is 6.62. The molecule has 2 heterocycles. The van der Waals surface area contributed by atoms with Crippen LogP contribution in [0.25, 0.3) is 0 Å². The first-order valence-corrected chi connectivity index (χ1v) is 11.1. The van der Waals surface area contributed by atoms with E-state index in [1.165, 1.54) is 29.7 Å². The van der Waals surface area contributed by atoms with Gasteiger partial charge in [-0.05, 0) is 77.0 Å². The Morgan fingerprint density at radius 2 is 1.48 bits per heavy atom. The molecule has 2 nitrogen and oxygen atoms in total. The molecule has 0 unspecified atom stereocenters. The molecule has 1 aliphatic rings. The molecule has 0 bridgehead atoms. The third kappa shape index (κ3) is 4.41. The lowest BCUT2D eigenvalue weighted by Crippen LogP contribution is -2.34. The highest BCUT2D eigenvalue weighted by atomic mass is 32.1. The van der Waals surface area contributed by atoms with Gasteiger partial charge in [0.15, 0.2) is 0 Å². The van der Waals surface area contributed by atoms with E-state index in [1.807, 2.05) is 11.3 Å². The van der Waals surface area contributed by atoms with E-state index < -0.39 is 0 Å². The molecule has 1 saturated heterocycles. The molecule has 0 spiro atoms. The molecule has 148 valence electrons. The van der Waals surface area contributed by atoms with E-state index in [4.69, 9.17) is 0 Å². The van der Waals surface area contributed by atoms with E-state index in [1.54, 1.807) is 0 Å². The number of piperidine rings is 1. The summed E-state index contributed by atoms with van der Waals surface area (Å²) in [7, 11) is 0. The molecule has 0 aliphatic carbocycles. The van der Waals surface area contributed by atoms with Gasteiger partial charge in [-0.15, -0.1) is 11.3 Å². The minimum absolute atomic E-state index is 0.0952. The zero-order valence-corrected chi connectivity index (χ0v) is 18.6. The van der Waals surface area contributed by atoms with Crippen LogP contribution < -0.4 is 0 Å². The first kappa shape index (κ1) is 20.4. The molecule has 0 amide bonds. The van der Waals surface area contributed by atoms with Crippen molar-refractivity contribution in [3.05, 3.63) is 51.2 Å². The average Bonchev–Trinajstić information content (AvgIpc) is 3.09. The Hall–Kier alpha value is -1.32. The molecule has 2 aromatic rings. The monoisotopic (exact) mass is 385 g/mol. The molecule has 0 saturated carbocycles. The minimum Gasteiger partial charge on any atom is -0.507 e. The standard InChI is InChI=1S/C24H35NOS/c1-23(2,3)18-15-17(16-19(22(18)26)24(4,5)6)21(20-11-10-14-27-20)25-12-8-7-9-13-25/h10-11,14-16,21,26H,7-9,12-13H2,1-6H3/t21-/m1/s1. The van der Waals surface area contributed by atoms with Crippen LogP contribution in [0, 0.1) is 0 Å². The number of rotatable bonds is 3. The number of aromatic hydroxyl groups is 1. The lowest BCUT2D eigenvalue weighted by atomic mass is 9.77. The van der Waals surface area contributed by atoms with E-state index in [0.29, 0.717) is 5.75 Å². The van der Waals surface area contributed by atoms with Gasteiger partial charge in [0.2, 0.25) is 0 Å². The molecule has 1 aromatic carbocycles. The lowest BCUT2D eigenvalue weighted by molar-refractivity contribution is 0.189. The third-order valence-corrected chi connectivity index (χ3v) is 6.56. The van der Waals surface area contributed by atoms with Crippen molar-refractivity contribution >= 4 is 11.3 Å². The zero-order valence-electron chi connectivity index (χ0n) is 17.8. The van der Waals surface area contributed by atoms with Crippen LogP contribution in [-0.4, -0.2) is 23.1 Å². The highest BCUT2D eigenvalue weighted by Crippen LogP contribution is 2.43. The summed E-state index contributed by atoms with van der Waals surface area (Å²) in [4.78, 5) is 4.04. The molecule has 1 N–H and O–H groups in total. The molecule has 27 heavy (non-hydrogen) atoms. The molecule has 0 radical (unpaired) electrons. The van der Waals surface area contributed by atoms with E-state index in [-0.39, 0.29) is 16.9 Å². The van der Waals surface area contributed by atoms with Gasteiger partial charge in [-0.3, -0.25) is 4.90 Å². The number of hydrogen-bond acceptors (Lipinski definition) is 3. The Morgan fingerprint density at radius 3 is 1.93 bits per heavy atom. The van der Waals surface area contributed by atoms with Crippen molar-refractivity contribution in [2.45, 2.75) is 77.7 Å². The third-order valence-electron chi connectivity index (χ3n) is 5.63. The van der Waals surface area contributed by atoms with Crippen LogP contribution in [0.3, 0.4) is 0 Å². The van der Waals surface area contributed by atoms with Gasteiger partial charge in [0, 0.05) is 4.88 Å². The van der Waals surface area contributed by atoms with Crippen LogP contribution in [-0.2, 0) is 10.8 Å². The molecule has 1 fully saturated rings. The second-order valence-corrected chi connectivity index (χ2v) is 11.0. The van der Waals surface area contributed by atoms with Crippen LogP contribution in [0.4, 0.5) is 0 Å². The van der Waals surface area contributed by atoms with Gasteiger partial charge in [0.1, 0.15) is 5.75 Å². The topological polar surface area (TPSA) is 23.5 Å². The van der Waals surface area contributed by atoms with Crippen LogP contribution in [0.1, 0.15) is 88.4 Å². The highest BCUT2D eigenvalue weighted by molar-refractivity contribution is 7.10. The lowest BCUT2D eigenvalue weighted by Gasteiger charge is -2.36. The van der Waals surface area contributed by atoms with Crippen LogP contribution in [0.5, 0.6) is 5.75 Å². The van der Waals surface area contributed by atoms with Crippen molar-refractivity contribution < 1.29 is 5.11 Å². The molecular formula is C24H35NOS. The maximum absolute atomic E-state index is 11.1. The molecule has 1 atom stereocenters. The first-order valence-electron chi connectivity index (χ1n) is 10.2. The quantitative estimate of drug-likeness (QED) is 0.641. The smallest absolute Gasteiger partial charge is 0.123 e. The summed E-state index contributed by atoms with van der Waals surface area (Å²) in [5, 5.41) is 13.3. The molecule has 3 rings (SSSR count). The van der Waals surface area contributed by atoms with Gasteiger partial charge in [0.25, 0.3) is 0 Å². The largest absolute Gasteiger partial charge is 0.507 e. The second-order valence-electron chi connectivity index (χ2n) is 9.98. The summed E-state index contributed by atoms with van der Waals surface area (Å²) < 4.78 is 0. The maximum atomic E-state index is 11.1. The fourth-order valence-electron chi connectivity index (χ4n) is 4.14. The van der Waals surface area contributed by atoms with Crippen LogP contribution in [0.2, 0.25) is 0 Å². The van der Waals surface area contributed by atoms with E-state index in [0.717, 1.165) is 24.2 Å². The summed E-state index contributed by atoms with van der Waals surface area (Å²) in [6, 6.07) is 9.25. The van der Waals surface area contributed by atoms with Gasteiger partial charge in [-0.25, -0.2) is 0 Å². The summed E-state index contributed by atoms with van der Waals surface area (Å²) in [6.45, 7) is 15.5. The number of thiophene rings is 1. The Labute approximate surface area is 169 Å². The molecule has 3 heteroatoms. The van der Waals surface area contributed by atoms with Crippen molar-refractivity contribution in [1.82, 2.24) is 4.90 Å². The SMILES string of the molecule is CC(C)(C)c1cc([C@H](c2cccs2)N2CCCCC2)cc(C(C)(C)C)c1O. The number of hydrogen-bond donors (Lipinski definition) is 1. The summed E-state index contributed by atoms with van der Waals surface area (Å²) in [5.74, 6) is 0.474. The maximum Gasteiger partial charge on any atom is 0.123 e. The van der Waals surface area contributed by atoms with Crippen molar-refractivity contribution in [2.24, 2.45) is 0 Å². The van der Waals surface area contributed by atoms with E-state index in [9.17, 15) is 5.11 Å². The van der Waals surface area contributed by atoms with Gasteiger partial charge in [0.05, 0.1) is 6.04 Å². The fraction of sp³-hybridized carbons (Fsp3) is 0.583. The van der Waals surface area contributed by atoms with Gasteiger partial charge >= 0.3 is 0 Å². The van der Waals surface area contributed by atoms with Crippen LogP contribution >= 0.6 is 11.3 Å². The number of phenolic OH excluding ortho intramolecular Hbond substituents is 1. The number of likely N-dealkylation sites (tertiary alicyclic amines) is 1. The molecular weight excluding hydrogens is 350 g/mol. The van der Waals surface area contributed by atoms with Crippen molar-refractivity contribution in [1.29, 1.82) is 0 Å². The Morgan fingerprint density at radius 1 is 0.926 bits per heavy atom. The number of nitrogens with zero attached hydrogens (tertiary/aromatic N) is 1. The Bertz CT molecular complexity index is 724. The van der Waals surface area contributed by atoms with E-state index in [2.05, 4.69) is 76.1 Å². The van der Waals surface area contributed by atoms with Gasteiger partial charge in [-0.1, -0.05) is 54.0 Å². The number of benzene rings is 1. The van der Waals surface area contributed by atoms with Gasteiger partial charge < -0.3 is 5.11 Å². The van der Waals surface area contributed by atoms with Crippen LogP contribution in [0.15, 0.2) is 29.6 Å². The van der Waals surface area contributed by atoms with Crippen molar-refractivity contribution in [3.8, 4) is 5.75 Å². The Kier molecular flexibility index (Phi) is 5.74. The molecule has 1 aliphatic heterocycles. The Balaban J connectivity index is 2.19. The van der Waals surface area contributed by atoms with Crippen molar-refractivity contribution in [3.63, 3.8) is 0 Å². The van der Waals surface area contributed by atoms with Crippen molar-refractivity contribution in [2.75, 3.05) is 13.1 Å². The highest BCUT2D eigenvalue weighted by Gasteiger charge is 2.31.